The molecule has 0 spiro atoms. The second-order valence-corrected chi connectivity index (χ2v) is 11.4. The van der Waals surface area contributed by atoms with Crippen LogP contribution in [-0.2, 0) is 10.0 Å². The first-order valence-electron chi connectivity index (χ1n) is 10.3. The van der Waals surface area contributed by atoms with Crippen molar-refractivity contribution in [2.45, 2.75) is 63.2 Å². The molecule has 1 fully saturated rings. The molecule has 0 saturated heterocycles. The average molecular weight is 431 g/mol. The molecular weight excluding hydrogens is 403 g/mol. The maximum atomic E-state index is 14.1. The highest BCUT2D eigenvalue weighted by Crippen LogP contribution is 2.33. The fraction of sp³-hybridized carbons (Fsp3) is 0.455. The van der Waals surface area contributed by atoms with Crippen LogP contribution >= 0.6 is 0 Å². The van der Waals surface area contributed by atoms with E-state index in [9.17, 15) is 12.8 Å². The average Bonchev–Trinajstić information content (AvgIpc) is 3.11. The van der Waals surface area contributed by atoms with Gasteiger partial charge < -0.3 is 4.98 Å². The van der Waals surface area contributed by atoms with E-state index in [2.05, 4.69) is 19.7 Å². The molecule has 0 unspecified atom stereocenters. The van der Waals surface area contributed by atoms with Crippen LogP contribution in [0.25, 0.3) is 22.4 Å². The van der Waals surface area contributed by atoms with Gasteiger partial charge in [-0.25, -0.2) is 27.5 Å². The number of nitrogens with one attached hydrogen (secondary N) is 2. The number of imidazole rings is 1. The lowest BCUT2D eigenvalue weighted by Gasteiger charge is -2.30. The molecule has 2 heterocycles. The number of benzene rings is 1. The Bertz CT molecular complexity index is 1160. The summed E-state index contributed by atoms with van der Waals surface area (Å²) in [6.45, 7) is 5.12. The molecule has 0 bridgehead atoms. The Kier molecular flexibility index (Phi) is 5.40. The predicted molar refractivity (Wildman–Crippen MR) is 116 cm³/mol. The summed E-state index contributed by atoms with van der Waals surface area (Å²) in [6.07, 6.45) is 3.23. The Hall–Kier alpha value is -2.32. The number of aromatic nitrogens is 3. The molecule has 0 atom stereocenters. The van der Waals surface area contributed by atoms with Crippen LogP contribution in [-0.4, -0.2) is 34.2 Å². The highest BCUT2D eigenvalue weighted by Gasteiger charge is 2.33. The van der Waals surface area contributed by atoms with Crippen LogP contribution in [0.15, 0.2) is 36.4 Å². The minimum atomic E-state index is -3.35. The Labute approximate surface area is 176 Å². The standard InChI is InChI=1S/C22H27FN4O2S/c1-22(2,3)30(28,29)27-15-10-8-14(9-11-15)20-25-19-13-12-18(24-21(19)26-20)16-6-4-5-7-17(16)23/h4-7,12-15,27H,8-11H2,1-3H3,(H,24,25,26)/t14-,15-. The van der Waals surface area contributed by atoms with Gasteiger partial charge in [-0.2, -0.15) is 0 Å². The number of fused-ring (bicyclic) bond motifs is 1. The lowest BCUT2D eigenvalue weighted by Crippen LogP contribution is -2.45. The third-order valence-corrected chi connectivity index (χ3v) is 8.01. The third kappa shape index (κ3) is 4.11. The lowest BCUT2D eigenvalue weighted by molar-refractivity contribution is 0.364. The lowest BCUT2D eigenvalue weighted by atomic mass is 9.86. The summed E-state index contributed by atoms with van der Waals surface area (Å²) in [6, 6.07) is 10.2. The van der Waals surface area contributed by atoms with Gasteiger partial charge in [0.1, 0.15) is 11.6 Å². The van der Waals surface area contributed by atoms with Crippen LogP contribution in [0.2, 0.25) is 0 Å². The van der Waals surface area contributed by atoms with Crippen LogP contribution in [0, 0.1) is 5.82 Å². The fourth-order valence-electron chi connectivity index (χ4n) is 3.80. The normalized spacial score (nSPS) is 20.5. The van der Waals surface area contributed by atoms with Crippen molar-refractivity contribution in [2.24, 2.45) is 0 Å². The van der Waals surface area contributed by atoms with E-state index in [-0.39, 0.29) is 17.8 Å². The summed E-state index contributed by atoms with van der Waals surface area (Å²) in [4.78, 5) is 12.5. The van der Waals surface area contributed by atoms with Gasteiger partial charge in [-0.15, -0.1) is 0 Å². The molecule has 6 nitrogen and oxygen atoms in total. The molecular formula is C22H27FN4O2S. The van der Waals surface area contributed by atoms with E-state index in [0.717, 1.165) is 37.0 Å². The first-order valence-corrected chi connectivity index (χ1v) is 11.8. The highest BCUT2D eigenvalue weighted by atomic mass is 32.2. The summed E-state index contributed by atoms with van der Waals surface area (Å²) in [5.74, 6) is 0.781. The number of sulfonamides is 1. The number of aromatic amines is 1. The van der Waals surface area contributed by atoms with E-state index in [1.807, 2.05) is 6.07 Å². The van der Waals surface area contributed by atoms with Crippen molar-refractivity contribution < 1.29 is 12.8 Å². The highest BCUT2D eigenvalue weighted by molar-refractivity contribution is 7.90. The van der Waals surface area contributed by atoms with Gasteiger partial charge >= 0.3 is 0 Å². The van der Waals surface area contributed by atoms with E-state index in [1.54, 1.807) is 45.0 Å². The molecule has 160 valence electrons. The van der Waals surface area contributed by atoms with Crippen molar-refractivity contribution in [1.82, 2.24) is 19.7 Å². The molecule has 1 saturated carbocycles. The van der Waals surface area contributed by atoms with Crippen molar-refractivity contribution in [3.8, 4) is 11.3 Å². The Balaban J connectivity index is 1.48. The van der Waals surface area contributed by atoms with Crippen molar-refractivity contribution in [2.75, 3.05) is 0 Å². The van der Waals surface area contributed by atoms with E-state index >= 15 is 0 Å². The molecule has 3 aromatic rings. The first kappa shape index (κ1) is 20.9. The van der Waals surface area contributed by atoms with E-state index < -0.39 is 14.8 Å². The number of pyridine rings is 1. The van der Waals surface area contributed by atoms with Crippen LogP contribution in [0.5, 0.6) is 0 Å². The largest absolute Gasteiger partial charge is 0.340 e. The zero-order valence-corrected chi connectivity index (χ0v) is 18.3. The molecule has 0 aliphatic heterocycles. The van der Waals surface area contributed by atoms with Gasteiger partial charge in [0.05, 0.1) is 16.0 Å². The monoisotopic (exact) mass is 430 g/mol. The summed E-state index contributed by atoms with van der Waals surface area (Å²) in [7, 11) is -3.35. The number of hydrogen-bond acceptors (Lipinski definition) is 4. The minimum Gasteiger partial charge on any atom is -0.340 e. The Morgan fingerprint density at radius 1 is 1.03 bits per heavy atom. The van der Waals surface area contributed by atoms with Gasteiger partial charge in [-0.3, -0.25) is 0 Å². The molecule has 0 amide bonds. The number of halogens is 1. The van der Waals surface area contributed by atoms with Gasteiger partial charge in [0, 0.05) is 17.5 Å². The fourth-order valence-corrected chi connectivity index (χ4v) is 4.83. The quantitative estimate of drug-likeness (QED) is 0.638. The maximum Gasteiger partial charge on any atom is 0.216 e. The van der Waals surface area contributed by atoms with Gasteiger partial charge in [0.15, 0.2) is 5.65 Å². The predicted octanol–water partition coefficient (Wildman–Crippen LogP) is 4.51. The van der Waals surface area contributed by atoms with Crippen molar-refractivity contribution in [3.05, 3.63) is 48.0 Å². The summed E-state index contributed by atoms with van der Waals surface area (Å²) < 4.78 is 40.9. The molecule has 2 N–H and O–H groups in total. The van der Waals surface area contributed by atoms with Crippen molar-refractivity contribution >= 4 is 21.2 Å². The molecule has 1 aliphatic carbocycles. The number of rotatable bonds is 4. The zero-order valence-electron chi connectivity index (χ0n) is 17.4. The Morgan fingerprint density at radius 2 is 1.73 bits per heavy atom. The zero-order chi connectivity index (χ0) is 21.5. The summed E-state index contributed by atoms with van der Waals surface area (Å²) in [5, 5.41) is 0. The second kappa shape index (κ2) is 7.74. The van der Waals surface area contributed by atoms with Gasteiger partial charge in [0.25, 0.3) is 0 Å². The molecule has 4 rings (SSSR count). The number of hydrogen-bond donors (Lipinski definition) is 2. The number of H-pyrrole nitrogens is 1. The minimum absolute atomic E-state index is 0.0411. The smallest absolute Gasteiger partial charge is 0.216 e. The third-order valence-electron chi connectivity index (χ3n) is 5.76. The molecule has 1 aliphatic rings. The van der Waals surface area contributed by atoms with Crippen LogP contribution < -0.4 is 4.72 Å². The molecule has 1 aromatic carbocycles. The summed E-state index contributed by atoms with van der Waals surface area (Å²) >= 11 is 0. The topological polar surface area (TPSA) is 87.7 Å². The van der Waals surface area contributed by atoms with Crippen molar-refractivity contribution in [1.29, 1.82) is 0 Å². The van der Waals surface area contributed by atoms with E-state index in [1.165, 1.54) is 6.07 Å². The molecule has 2 aromatic heterocycles. The Morgan fingerprint density at radius 3 is 2.40 bits per heavy atom. The van der Waals surface area contributed by atoms with Crippen LogP contribution in [0.4, 0.5) is 4.39 Å². The van der Waals surface area contributed by atoms with E-state index in [0.29, 0.717) is 16.9 Å². The maximum absolute atomic E-state index is 14.1. The van der Waals surface area contributed by atoms with Crippen LogP contribution in [0.1, 0.15) is 58.2 Å². The van der Waals surface area contributed by atoms with Gasteiger partial charge in [0.2, 0.25) is 10.0 Å². The molecule has 8 heteroatoms. The van der Waals surface area contributed by atoms with Gasteiger partial charge in [-0.05, 0) is 70.7 Å². The second-order valence-electron chi connectivity index (χ2n) is 8.95. The molecule has 0 radical (unpaired) electrons. The molecule has 30 heavy (non-hydrogen) atoms. The van der Waals surface area contributed by atoms with Crippen LogP contribution in [0.3, 0.4) is 0 Å². The van der Waals surface area contributed by atoms with E-state index in [4.69, 9.17) is 0 Å². The summed E-state index contributed by atoms with van der Waals surface area (Å²) in [5.41, 5.74) is 2.40. The van der Waals surface area contributed by atoms with Gasteiger partial charge in [-0.1, -0.05) is 12.1 Å². The SMILES string of the molecule is CC(C)(C)S(=O)(=O)N[C@H]1CC[C@H](c2nc3nc(-c4ccccc4F)ccc3[nH]2)CC1. The first-order chi connectivity index (χ1) is 14.1. The van der Waals surface area contributed by atoms with Crippen molar-refractivity contribution in [3.63, 3.8) is 0 Å². The number of nitrogens with zero attached hydrogens (tertiary/aromatic N) is 2.